The Labute approximate surface area is 183 Å². The van der Waals surface area contributed by atoms with E-state index in [0.717, 1.165) is 5.39 Å². The maximum Gasteiger partial charge on any atom is 1.00 e. The zero-order valence-electron chi connectivity index (χ0n) is 14.9. The van der Waals surface area contributed by atoms with Crippen LogP contribution >= 0.6 is 0 Å². The van der Waals surface area contributed by atoms with E-state index in [1.165, 1.54) is 18.2 Å². The predicted molar refractivity (Wildman–Crippen MR) is 101 cm³/mol. The molecule has 4 aromatic carbocycles. The summed E-state index contributed by atoms with van der Waals surface area (Å²) in [5.74, 6) is -0.230. The van der Waals surface area contributed by atoms with Crippen LogP contribution in [-0.2, 0) is 10.1 Å². The smallest absolute Gasteiger partial charge is 0.871 e. The summed E-state index contributed by atoms with van der Waals surface area (Å²) in [5, 5.41) is 23.0. The molecular weight excluding hydrogens is 387 g/mol. The fraction of sp³-hybridized carbons (Fsp3) is 0. The van der Waals surface area contributed by atoms with Crippen LogP contribution in [0, 0.1) is 0 Å². The summed E-state index contributed by atoms with van der Waals surface area (Å²) in [6.45, 7) is 0. The van der Waals surface area contributed by atoms with Gasteiger partial charge in [-0.1, -0.05) is 60.3 Å². The standard InChI is InChI=1S/C20H14N2O4S.Na/c23-18-11-8-13-4-1-2-6-17(13)20(18)22-21-15-9-10-16-14(12-15)5-3-7-19(16)27(24,25)26;/h1-12,23H,(H,24,25,26);/q;+1/p-1. The van der Waals surface area contributed by atoms with E-state index in [9.17, 15) is 18.1 Å². The Morgan fingerprint density at radius 1 is 0.786 bits per heavy atom. The molecule has 0 radical (unpaired) electrons. The molecule has 134 valence electrons. The summed E-state index contributed by atoms with van der Waals surface area (Å²) in [6.07, 6.45) is 0. The van der Waals surface area contributed by atoms with Crippen LogP contribution < -0.4 is 34.7 Å². The van der Waals surface area contributed by atoms with Crippen LogP contribution in [0.4, 0.5) is 11.4 Å². The van der Waals surface area contributed by atoms with Crippen molar-refractivity contribution in [3.8, 4) is 5.75 Å². The second kappa shape index (κ2) is 7.98. The molecule has 0 aromatic heterocycles. The number of hydrogen-bond donors (Lipinski definition) is 1. The van der Waals surface area contributed by atoms with Crippen molar-refractivity contribution in [1.29, 1.82) is 0 Å². The minimum atomic E-state index is -4.32. The van der Waals surface area contributed by atoms with E-state index in [1.807, 2.05) is 24.3 Å². The number of nitrogens with zero attached hydrogens (tertiary/aromatic N) is 2. The monoisotopic (exact) mass is 400 g/mol. The van der Waals surface area contributed by atoms with Gasteiger partial charge in [-0.2, -0.15) is 18.6 Å². The minimum Gasteiger partial charge on any atom is -0.871 e. The Kier molecular flexibility index (Phi) is 5.83. The van der Waals surface area contributed by atoms with Crippen molar-refractivity contribution in [3.63, 3.8) is 0 Å². The molecular formula is C20H13N2NaO4S. The van der Waals surface area contributed by atoms with Gasteiger partial charge in [0.05, 0.1) is 11.4 Å². The van der Waals surface area contributed by atoms with E-state index in [2.05, 4.69) is 10.2 Å². The van der Waals surface area contributed by atoms with E-state index in [-0.39, 0.29) is 45.9 Å². The molecule has 0 atom stereocenters. The Hall–Kier alpha value is -2.29. The molecule has 1 N–H and O–H groups in total. The van der Waals surface area contributed by atoms with E-state index >= 15 is 0 Å². The Balaban J connectivity index is 0.00000225. The van der Waals surface area contributed by atoms with Gasteiger partial charge in [-0.05, 0) is 29.0 Å². The summed E-state index contributed by atoms with van der Waals surface area (Å²) in [5.41, 5.74) is 0.710. The van der Waals surface area contributed by atoms with E-state index in [0.29, 0.717) is 21.8 Å². The van der Waals surface area contributed by atoms with E-state index < -0.39 is 10.1 Å². The van der Waals surface area contributed by atoms with Crippen molar-refractivity contribution < 1.29 is 47.6 Å². The Morgan fingerprint density at radius 3 is 2.32 bits per heavy atom. The van der Waals surface area contributed by atoms with Crippen molar-refractivity contribution in [2.24, 2.45) is 10.2 Å². The number of hydrogen-bond acceptors (Lipinski definition) is 5. The van der Waals surface area contributed by atoms with Gasteiger partial charge in [-0.3, -0.25) is 4.55 Å². The first-order valence-corrected chi connectivity index (χ1v) is 9.48. The number of benzene rings is 4. The SMILES string of the molecule is O=S(=O)(O)c1cccc2cc(N=Nc3c([O-])ccc4ccccc34)ccc12.[Na+]. The van der Waals surface area contributed by atoms with Gasteiger partial charge in [0.15, 0.2) is 0 Å². The average Bonchev–Trinajstić information content (AvgIpc) is 2.66. The Morgan fingerprint density at radius 2 is 1.54 bits per heavy atom. The normalized spacial score (nSPS) is 11.8. The summed E-state index contributed by atoms with van der Waals surface area (Å²) in [4.78, 5) is -0.167. The van der Waals surface area contributed by atoms with E-state index in [1.54, 1.807) is 30.3 Å². The molecule has 0 aliphatic carbocycles. The van der Waals surface area contributed by atoms with Gasteiger partial charge in [0, 0.05) is 10.8 Å². The average molecular weight is 400 g/mol. The molecule has 0 spiro atoms. The van der Waals surface area contributed by atoms with Crippen LogP contribution in [-0.4, -0.2) is 13.0 Å². The fourth-order valence-electron chi connectivity index (χ4n) is 2.97. The third-order valence-electron chi connectivity index (χ3n) is 4.23. The summed E-state index contributed by atoms with van der Waals surface area (Å²) < 4.78 is 32.3. The molecule has 0 aliphatic rings. The quantitative estimate of drug-likeness (QED) is 0.321. The molecule has 0 bridgehead atoms. The van der Waals surface area contributed by atoms with Crippen LogP contribution in [0.15, 0.2) is 87.9 Å². The van der Waals surface area contributed by atoms with Crippen molar-refractivity contribution in [2.75, 3.05) is 0 Å². The van der Waals surface area contributed by atoms with Gasteiger partial charge in [0.2, 0.25) is 0 Å². The van der Waals surface area contributed by atoms with Crippen LogP contribution in [0.1, 0.15) is 0 Å². The second-order valence-corrected chi connectivity index (χ2v) is 7.36. The van der Waals surface area contributed by atoms with Crippen molar-refractivity contribution in [3.05, 3.63) is 72.8 Å². The molecule has 8 heteroatoms. The van der Waals surface area contributed by atoms with Gasteiger partial charge in [0.1, 0.15) is 4.90 Å². The number of fused-ring (bicyclic) bond motifs is 2. The Bertz CT molecular complexity index is 1320. The molecule has 0 saturated heterocycles. The third kappa shape index (κ3) is 3.94. The molecule has 0 unspecified atom stereocenters. The van der Waals surface area contributed by atoms with Gasteiger partial charge < -0.3 is 5.11 Å². The molecule has 28 heavy (non-hydrogen) atoms. The molecule has 6 nitrogen and oxygen atoms in total. The van der Waals surface area contributed by atoms with Crippen molar-refractivity contribution >= 4 is 43.0 Å². The van der Waals surface area contributed by atoms with Gasteiger partial charge >= 0.3 is 29.6 Å². The van der Waals surface area contributed by atoms with Gasteiger partial charge in [-0.15, -0.1) is 0 Å². The molecule has 4 rings (SSSR count). The molecule has 0 amide bonds. The topological polar surface area (TPSA) is 102 Å². The summed E-state index contributed by atoms with van der Waals surface area (Å²) >= 11 is 0. The largest absolute Gasteiger partial charge is 1.00 e. The number of rotatable bonds is 3. The van der Waals surface area contributed by atoms with Crippen LogP contribution in [0.2, 0.25) is 0 Å². The molecule has 0 saturated carbocycles. The van der Waals surface area contributed by atoms with Crippen molar-refractivity contribution in [1.82, 2.24) is 0 Å². The summed E-state index contributed by atoms with van der Waals surface area (Å²) in [6, 6.07) is 19.9. The van der Waals surface area contributed by atoms with Crippen LogP contribution in [0.5, 0.6) is 5.75 Å². The van der Waals surface area contributed by atoms with Crippen LogP contribution in [0.25, 0.3) is 21.5 Å². The zero-order valence-corrected chi connectivity index (χ0v) is 17.7. The van der Waals surface area contributed by atoms with Crippen LogP contribution in [0.3, 0.4) is 0 Å². The van der Waals surface area contributed by atoms with Gasteiger partial charge in [-0.25, -0.2) is 0 Å². The molecule has 0 fully saturated rings. The predicted octanol–water partition coefficient (Wildman–Crippen LogP) is 1.73. The third-order valence-corrected chi connectivity index (χ3v) is 5.14. The first-order valence-electron chi connectivity index (χ1n) is 8.04. The maximum absolute atomic E-state index is 12.2. The summed E-state index contributed by atoms with van der Waals surface area (Å²) in [7, 11) is -4.32. The maximum atomic E-state index is 12.2. The first-order chi connectivity index (χ1) is 12.9. The number of azo groups is 1. The van der Waals surface area contributed by atoms with E-state index in [4.69, 9.17) is 0 Å². The molecule has 0 heterocycles. The van der Waals surface area contributed by atoms with Gasteiger partial charge in [0.25, 0.3) is 10.1 Å². The minimum absolute atomic E-state index is 0. The van der Waals surface area contributed by atoms with Crippen molar-refractivity contribution in [2.45, 2.75) is 4.90 Å². The fourth-order valence-corrected chi connectivity index (χ4v) is 3.69. The molecule has 0 aliphatic heterocycles. The zero-order chi connectivity index (χ0) is 19.0. The molecule has 4 aromatic rings. The first kappa shape index (κ1) is 20.4. The second-order valence-electron chi connectivity index (χ2n) is 5.97.